The van der Waals surface area contributed by atoms with E-state index in [1.807, 2.05) is 6.92 Å². The normalized spacial score (nSPS) is 11.6. The van der Waals surface area contributed by atoms with Gasteiger partial charge in [-0.1, -0.05) is 35.9 Å². The zero-order valence-corrected chi connectivity index (χ0v) is 13.7. The van der Waals surface area contributed by atoms with E-state index < -0.39 is 10.1 Å². The molecule has 0 saturated carbocycles. The lowest BCUT2D eigenvalue weighted by Gasteiger charge is -2.07. The SMILES string of the molecule is Cc1ccc(S(=O)(=O)OCCCOCc2ccccc2F)cc1. The highest BCUT2D eigenvalue weighted by Crippen LogP contribution is 2.13. The largest absolute Gasteiger partial charge is 0.377 e. The minimum absolute atomic E-state index is 0.0213. The molecule has 0 radical (unpaired) electrons. The van der Waals surface area contributed by atoms with Crippen LogP contribution in [0, 0.1) is 12.7 Å². The van der Waals surface area contributed by atoms with Crippen LogP contribution in [0.5, 0.6) is 0 Å². The molecular formula is C17H19FO4S. The summed E-state index contributed by atoms with van der Waals surface area (Å²) in [5.74, 6) is -0.314. The molecule has 0 atom stereocenters. The molecule has 2 rings (SSSR count). The van der Waals surface area contributed by atoms with Crippen LogP contribution in [0.3, 0.4) is 0 Å². The summed E-state index contributed by atoms with van der Waals surface area (Å²) in [7, 11) is -3.74. The molecular weight excluding hydrogens is 319 g/mol. The molecule has 0 aliphatic heterocycles. The zero-order chi connectivity index (χ0) is 16.7. The van der Waals surface area contributed by atoms with Gasteiger partial charge in [-0.3, -0.25) is 4.18 Å². The third-order valence-electron chi connectivity index (χ3n) is 3.20. The average molecular weight is 338 g/mol. The number of ether oxygens (including phenoxy) is 1. The first-order valence-electron chi connectivity index (χ1n) is 7.26. The second kappa shape index (κ2) is 8.19. The van der Waals surface area contributed by atoms with Crippen LogP contribution in [0.2, 0.25) is 0 Å². The van der Waals surface area contributed by atoms with Gasteiger partial charge in [-0.2, -0.15) is 8.42 Å². The molecule has 2 aromatic carbocycles. The lowest BCUT2D eigenvalue weighted by atomic mass is 10.2. The van der Waals surface area contributed by atoms with Gasteiger partial charge in [-0.15, -0.1) is 0 Å². The van der Waals surface area contributed by atoms with Gasteiger partial charge < -0.3 is 4.74 Å². The van der Waals surface area contributed by atoms with Crippen molar-refractivity contribution >= 4 is 10.1 Å². The Labute approximate surface area is 136 Å². The predicted octanol–water partition coefficient (Wildman–Crippen LogP) is 3.45. The van der Waals surface area contributed by atoms with E-state index in [1.165, 1.54) is 18.2 Å². The Morgan fingerprint density at radius 1 is 1.00 bits per heavy atom. The molecule has 0 N–H and O–H groups in total. The van der Waals surface area contributed by atoms with Crippen molar-refractivity contribution in [3.05, 3.63) is 65.5 Å². The molecule has 0 aliphatic rings. The van der Waals surface area contributed by atoms with E-state index in [2.05, 4.69) is 0 Å². The van der Waals surface area contributed by atoms with Crippen LogP contribution < -0.4 is 0 Å². The van der Waals surface area contributed by atoms with Crippen molar-refractivity contribution in [1.82, 2.24) is 0 Å². The van der Waals surface area contributed by atoms with Gasteiger partial charge in [0.1, 0.15) is 5.82 Å². The average Bonchev–Trinajstić information content (AvgIpc) is 2.52. The minimum Gasteiger partial charge on any atom is -0.377 e. The maximum atomic E-state index is 13.4. The second-order valence-corrected chi connectivity index (χ2v) is 6.70. The zero-order valence-electron chi connectivity index (χ0n) is 12.9. The summed E-state index contributed by atoms with van der Waals surface area (Å²) in [6.07, 6.45) is 0.402. The van der Waals surface area contributed by atoms with Gasteiger partial charge in [0, 0.05) is 12.2 Å². The van der Waals surface area contributed by atoms with Crippen molar-refractivity contribution in [2.24, 2.45) is 0 Å². The molecule has 23 heavy (non-hydrogen) atoms. The van der Waals surface area contributed by atoms with Crippen molar-refractivity contribution in [2.45, 2.75) is 24.8 Å². The Kier molecular flexibility index (Phi) is 6.27. The number of hydrogen-bond acceptors (Lipinski definition) is 4. The lowest BCUT2D eigenvalue weighted by Crippen LogP contribution is -2.09. The van der Waals surface area contributed by atoms with Crippen molar-refractivity contribution < 1.29 is 21.7 Å². The van der Waals surface area contributed by atoms with Crippen LogP contribution in [0.25, 0.3) is 0 Å². The van der Waals surface area contributed by atoms with Gasteiger partial charge in [0.15, 0.2) is 0 Å². The van der Waals surface area contributed by atoms with Crippen molar-refractivity contribution in [3.8, 4) is 0 Å². The fourth-order valence-corrected chi connectivity index (χ4v) is 2.84. The topological polar surface area (TPSA) is 52.6 Å². The Morgan fingerprint density at radius 2 is 1.70 bits per heavy atom. The highest BCUT2D eigenvalue weighted by molar-refractivity contribution is 7.86. The Hall–Kier alpha value is -1.76. The third kappa shape index (κ3) is 5.42. The first kappa shape index (κ1) is 17.6. The molecule has 0 saturated heterocycles. The van der Waals surface area contributed by atoms with Crippen LogP contribution in [0.4, 0.5) is 4.39 Å². The van der Waals surface area contributed by atoms with E-state index >= 15 is 0 Å². The number of benzene rings is 2. The standard InChI is InChI=1S/C17H19FO4S/c1-14-7-9-16(10-8-14)23(19,20)22-12-4-11-21-13-15-5-2-3-6-17(15)18/h2-3,5-10H,4,11-13H2,1H3. The monoisotopic (exact) mass is 338 g/mol. The molecule has 0 aliphatic carbocycles. The van der Waals surface area contributed by atoms with Crippen molar-refractivity contribution in [1.29, 1.82) is 0 Å². The number of hydrogen-bond donors (Lipinski definition) is 0. The lowest BCUT2D eigenvalue weighted by molar-refractivity contribution is 0.106. The molecule has 0 spiro atoms. The van der Waals surface area contributed by atoms with E-state index in [0.717, 1.165) is 5.56 Å². The van der Waals surface area contributed by atoms with Crippen LogP contribution in [-0.2, 0) is 25.6 Å². The molecule has 6 heteroatoms. The van der Waals surface area contributed by atoms with E-state index in [0.29, 0.717) is 12.0 Å². The highest BCUT2D eigenvalue weighted by atomic mass is 32.2. The molecule has 0 unspecified atom stereocenters. The molecule has 4 nitrogen and oxygen atoms in total. The molecule has 0 bridgehead atoms. The van der Waals surface area contributed by atoms with Crippen LogP contribution in [0.1, 0.15) is 17.5 Å². The number of aryl methyl sites for hydroxylation is 1. The molecule has 2 aromatic rings. The summed E-state index contributed by atoms with van der Waals surface area (Å²) < 4.78 is 47.5. The first-order valence-corrected chi connectivity index (χ1v) is 8.67. The molecule has 0 amide bonds. The summed E-state index contributed by atoms with van der Waals surface area (Å²) in [5, 5.41) is 0. The van der Waals surface area contributed by atoms with E-state index in [-0.39, 0.29) is 30.5 Å². The molecule has 124 valence electrons. The van der Waals surface area contributed by atoms with Crippen molar-refractivity contribution in [3.63, 3.8) is 0 Å². The van der Waals surface area contributed by atoms with Gasteiger partial charge in [0.05, 0.1) is 18.1 Å². The predicted molar refractivity (Wildman–Crippen MR) is 85.0 cm³/mol. The molecule has 0 fully saturated rings. The van der Waals surface area contributed by atoms with Gasteiger partial charge in [-0.25, -0.2) is 4.39 Å². The Balaban J connectivity index is 1.71. The van der Waals surface area contributed by atoms with Gasteiger partial charge in [0.25, 0.3) is 10.1 Å². The summed E-state index contributed by atoms with van der Waals surface area (Å²) in [5.41, 5.74) is 1.45. The molecule has 0 heterocycles. The quantitative estimate of drug-likeness (QED) is 0.546. The maximum absolute atomic E-state index is 13.4. The minimum atomic E-state index is -3.74. The summed E-state index contributed by atoms with van der Waals surface area (Å²) in [4.78, 5) is 0.135. The number of halogens is 1. The van der Waals surface area contributed by atoms with E-state index in [9.17, 15) is 12.8 Å². The number of rotatable bonds is 8. The summed E-state index contributed by atoms with van der Waals surface area (Å²) in [6.45, 7) is 2.34. The molecule has 0 aromatic heterocycles. The van der Waals surface area contributed by atoms with Gasteiger partial charge >= 0.3 is 0 Å². The van der Waals surface area contributed by atoms with Crippen molar-refractivity contribution in [2.75, 3.05) is 13.2 Å². The van der Waals surface area contributed by atoms with Gasteiger partial charge in [-0.05, 0) is 31.5 Å². The van der Waals surface area contributed by atoms with Gasteiger partial charge in [0.2, 0.25) is 0 Å². The maximum Gasteiger partial charge on any atom is 0.296 e. The van der Waals surface area contributed by atoms with E-state index in [4.69, 9.17) is 8.92 Å². The highest BCUT2D eigenvalue weighted by Gasteiger charge is 2.14. The fraction of sp³-hybridized carbons (Fsp3) is 0.294. The summed E-state index contributed by atoms with van der Waals surface area (Å²) >= 11 is 0. The fourth-order valence-electron chi connectivity index (χ4n) is 1.90. The van der Waals surface area contributed by atoms with Crippen LogP contribution in [-0.4, -0.2) is 21.6 Å². The second-order valence-electron chi connectivity index (χ2n) is 5.09. The Bertz CT molecular complexity index is 727. The summed E-state index contributed by atoms with van der Waals surface area (Å²) in [6, 6.07) is 12.8. The van der Waals surface area contributed by atoms with E-state index in [1.54, 1.807) is 30.3 Å². The third-order valence-corrected chi connectivity index (χ3v) is 4.52. The smallest absolute Gasteiger partial charge is 0.296 e. The Morgan fingerprint density at radius 3 is 2.39 bits per heavy atom. The van der Waals surface area contributed by atoms with Crippen LogP contribution in [0.15, 0.2) is 53.4 Å². The first-order chi connectivity index (χ1) is 11.0. The van der Waals surface area contributed by atoms with Crippen LogP contribution >= 0.6 is 0 Å².